The third kappa shape index (κ3) is 2.32. The van der Waals surface area contributed by atoms with Crippen molar-refractivity contribution in [3.05, 3.63) is 17.9 Å². The van der Waals surface area contributed by atoms with Crippen LogP contribution in [-0.2, 0) is 0 Å². The lowest BCUT2D eigenvalue weighted by Crippen LogP contribution is -1.83. The van der Waals surface area contributed by atoms with Gasteiger partial charge in [-0.05, 0) is 32.7 Å². The molecule has 1 nitrogen and oxygen atoms in total. The highest BCUT2D eigenvalue weighted by Gasteiger charge is 2.06. The monoisotopic (exact) mass is 392 g/mol. The number of ether oxygens (including phenoxy) is 1. The van der Waals surface area contributed by atoms with E-state index >= 15 is 0 Å². The van der Waals surface area contributed by atoms with Crippen molar-refractivity contribution in [3.63, 3.8) is 0 Å². The van der Waals surface area contributed by atoms with E-state index < -0.39 is 0 Å². The Hall–Kier alpha value is 0.700. The van der Waals surface area contributed by atoms with E-state index in [1.165, 1.54) is 2.88 Å². The maximum atomic E-state index is 5.22. The molecule has 4 heteroatoms. The van der Waals surface area contributed by atoms with Crippen molar-refractivity contribution in [1.82, 2.24) is 0 Å². The van der Waals surface area contributed by atoms with Crippen LogP contribution in [0.5, 0.6) is 5.75 Å². The van der Waals surface area contributed by atoms with Gasteiger partial charge in [0.15, 0.2) is 0 Å². The summed E-state index contributed by atoms with van der Waals surface area (Å²) >= 11 is 6.18. The number of hydrogen-bond acceptors (Lipinski definition) is 2. The SMILES string of the molecule is COc1c(/C=C\I)csc1I. The Labute approximate surface area is 97.1 Å². The predicted octanol–water partition coefficient (Wildman–Crippen LogP) is 3.77. The van der Waals surface area contributed by atoms with Crippen molar-refractivity contribution < 1.29 is 4.74 Å². The van der Waals surface area contributed by atoms with E-state index in [9.17, 15) is 0 Å². The first-order chi connectivity index (χ1) is 5.29. The average molecular weight is 392 g/mol. The van der Waals surface area contributed by atoms with Gasteiger partial charge in [-0.3, -0.25) is 0 Å². The molecule has 0 N–H and O–H groups in total. The summed E-state index contributed by atoms with van der Waals surface area (Å²) in [5, 5.41) is 2.09. The van der Waals surface area contributed by atoms with E-state index in [2.05, 4.69) is 50.6 Å². The molecule has 0 amide bonds. The summed E-state index contributed by atoms with van der Waals surface area (Å²) in [6, 6.07) is 0. The average Bonchev–Trinajstić information content (AvgIpc) is 2.33. The van der Waals surface area contributed by atoms with Crippen LogP contribution < -0.4 is 4.74 Å². The molecule has 1 aromatic heterocycles. The van der Waals surface area contributed by atoms with E-state index in [0.717, 1.165) is 11.3 Å². The van der Waals surface area contributed by atoms with Gasteiger partial charge in [0.2, 0.25) is 0 Å². The molecule has 0 unspecified atom stereocenters. The molecular formula is C7H6I2OS. The molecular weight excluding hydrogens is 386 g/mol. The van der Waals surface area contributed by atoms with E-state index in [1.807, 2.05) is 10.2 Å². The maximum Gasteiger partial charge on any atom is 0.150 e. The zero-order chi connectivity index (χ0) is 8.27. The summed E-state index contributed by atoms with van der Waals surface area (Å²) in [6.07, 6.45) is 2.04. The molecule has 0 saturated carbocycles. The van der Waals surface area contributed by atoms with Crippen LogP contribution in [0.25, 0.3) is 6.08 Å². The molecule has 0 atom stereocenters. The molecule has 11 heavy (non-hydrogen) atoms. The van der Waals surface area contributed by atoms with E-state index in [4.69, 9.17) is 4.74 Å². The van der Waals surface area contributed by atoms with Crippen LogP contribution in [0.2, 0.25) is 0 Å². The molecule has 0 saturated heterocycles. The second kappa shape index (κ2) is 4.66. The second-order valence-corrected chi connectivity index (χ2v) is 5.20. The fraction of sp³-hybridized carbons (Fsp3) is 0.143. The highest BCUT2D eigenvalue weighted by Crippen LogP contribution is 2.32. The minimum absolute atomic E-state index is 0.989. The van der Waals surface area contributed by atoms with Crippen molar-refractivity contribution in [3.8, 4) is 5.75 Å². The van der Waals surface area contributed by atoms with Crippen molar-refractivity contribution in [2.24, 2.45) is 0 Å². The quantitative estimate of drug-likeness (QED) is 0.697. The highest BCUT2D eigenvalue weighted by molar-refractivity contribution is 14.1. The molecule has 1 aromatic rings. The van der Waals surface area contributed by atoms with Crippen LogP contribution in [0.15, 0.2) is 9.46 Å². The van der Waals surface area contributed by atoms with Crippen molar-refractivity contribution >= 4 is 62.6 Å². The van der Waals surface area contributed by atoms with Gasteiger partial charge in [-0.2, -0.15) is 0 Å². The Bertz CT molecular complexity index is 267. The van der Waals surface area contributed by atoms with Crippen molar-refractivity contribution in [2.45, 2.75) is 0 Å². The molecule has 0 radical (unpaired) electrons. The predicted molar refractivity (Wildman–Crippen MR) is 66.6 cm³/mol. The lowest BCUT2D eigenvalue weighted by Gasteiger charge is -1.97. The lowest BCUT2D eigenvalue weighted by molar-refractivity contribution is 0.413. The molecule has 0 aliphatic carbocycles. The molecule has 0 bridgehead atoms. The van der Waals surface area contributed by atoms with Crippen molar-refractivity contribution in [2.75, 3.05) is 7.11 Å². The first kappa shape index (κ1) is 9.79. The number of halogens is 2. The van der Waals surface area contributed by atoms with Gasteiger partial charge in [0.1, 0.15) is 8.63 Å². The smallest absolute Gasteiger partial charge is 0.150 e. The number of methoxy groups -OCH3 is 1. The summed E-state index contributed by atoms with van der Waals surface area (Å²) < 4.78 is 8.40. The summed E-state index contributed by atoms with van der Waals surface area (Å²) in [7, 11) is 1.70. The Kier molecular flexibility index (Phi) is 4.14. The first-order valence-electron chi connectivity index (χ1n) is 2.87. The Morgan fingerprint density at radius 3 is 2.91 bits per heavy atom. The third-order valence-corrected chi connectivity index (χ3v) is 3.55. The Morgan fingerprint density at radius 2 is 2.36 bits per heavy atom. The summed E-state index contributed by atoms with van der Waals surface area (Å²) in [6.45, 7) is 0. The molecule has 1 rings (SSSR count). The first-order valence-corrected chi connectivity index (χ1v) is 6.07. The normalized spacial score (nSPS) is 10.8. The molecule has 0 aliphatic heterocycles. The summed E-state index contributed by atoms with van der Waals surface area (Å²) in [5.41, 5.74) is 1.16. The van der Waals surface area contributed by atoms with E-state index in [1.54, 1.807) is 18.4 Å². The van der Waals surface area contributed by atoms with Gasteiger partial charge in [0, 0.05) is 10.9 Å². The molecule has 0 spiro atoms. The number of thiophene rings is 1. The highest BCUT2D eigenvalue weighted by atomic mass is 127. The molecule has 0 aliphatic rings. The van der Waals surface area contributed by atoms with E-state index in [-0.39, 0.29) is 0 Å². The Morgan fingerprint density at radius 1 is 1.64 bits per heavy atom. The fourth-order valence-corrected chi connectivity index (χ4v) is 2.74. The van der Waals surface area contributed by atoms with Crippen LogP contribution in [0.3, 0.4) is 0 Å². The van der Waals surface area contributed by atoms with Gasteiger partial charge in [0.05, 0.1) is 7.11 Å². The van der Waals surface area contributed by atoms with Crippen LogP contribution in [0.4, 0.5) is 0 Å². The third-order valence-electron chi connectivity index (χ3n) is 1.18. The van der Waals surface area contributed by atoms with Gasteiger partial charge < -0.3 is 4.74 Å². The fourth-order valence-electron chi connectivity index (χ4n) is 0.717. The summed E-state index contributed by atoms with van der Waals surface area (Å²) in [5.74, 6) is 0.989. The zero-order valence-electron chi connectivity index (χ0n) is 5.80. The van der Waals surface area contributed by atoms with Gasteiger partial charge >= 0.3 is 0 Å². The van der Waals surface area contributed by atoms with Gasteiger partial charge in [-0.25, -0.2) is 0 Å². The van der Waals surface area contributed by atoms with Crippen LogP contribution in [0.1, 0.15) is 5.56 Å². The number of hydrogen-bond donors (Lipinski definition) is 0. The van der Waals surface area contributed by atoms with Crippen LogP contribution >= 0.6 is 56.5 Å². The second-order valence-electron chi connectivity index (χ2n) is 1.79. The van der Waals surface area contributed by atoms with Crippen LogP contribution in [0, 0.1) is 2.88 Å². The van der Waals surface area contributed by atoms with Gasteiger partial charge in [-0.15, -0.1) is 11.3 Å². The minimum atomic E-state index is 0.989. The zero-order valence-corrected chi connectivity index (χ0v) is 10.9. The molecule has 0 aromatic carbocycles. The Balaban J connectivity index is 3.05. The molecule has 0 fully saturated rings. The molecule has 1 heterocycles. The summed E-state index contributed by atoms with van der Waals surface area (Å²) in [4.78, 5) is 0. The van der Waals surface area contributed by atoms with Crippen molar-refractivity contribution in [1.29, 1.82) is 0 Å². The minimum Gasteiger partial charge on any atom is -0.494 e. The van der Waals surface area contributed by atoms with Crippen LogP contribution in [-0.4, -0.2) is 7.11 Å². The van der Waals surface area contributed by atoms with Gasteiger partial charge in [0.25, 0.3) is 0 Å². The van der Waals surface area contributed by atoms with E-state index in [0.29, 0.717) is 0 Å². The number of rotatable bonds is 2. The standard InChI is InChI=1S/C7H6I2OS/c1-10-6-5(2-3-8)4-11-7(6)9/h2-4H,1H3/b3-2-. The largest absolute Gasteiger partial charge is 0.494 e. The lowest BCUT2D eigenvalue weighted by atomic mass is 10.3. The molecule has 60 valence electrons. The van der Waals surface area contributed by atoms with Gasteiger partial charge in [-0.1, -0.05) is 22.6 Å². The topological polar surface area (TPSA) is 9.23 Å². The maximum absolute atomic E-state index is 5.22.